The normalized spacial score (nSPS) is 22.0. The molecule has 1 aromatic heterocycles. The fourth-order valence-electron chi connectivity index (χ4n) is 13.0. The highest BCUT2D eigenvalue weighted by atomic mass is 16.5. The number of hydrogen-bond donors (Lipinski definition) is 5. The Morgan fingerprint density at radius 3 is 1.64 bits per heavy atom. The summed E-state index contributed by atoms with van der Waals surface area (Å²) >= 11 is 0. The standard InChI is InChI=1S/C59H86N10O12/c1-39(2)46-33-43(14-15-48(46)69-49(55-50(80-7)12-9-13-51(55)81-8)34-47(61-69)56(76)60-59(58(78)79)44-29-41-28-42(31-44)32-45(59)30-41)57(77)64(6)19-11-17-62(4)16-10-18-63(5)52(71)36-66-22-26-67(37-53(72)73)24-20-65(35-40(3)70)21-25-68(27-23-66)38-54(74)75/h9,12-15,33-34,39,41-42,44-45,70H,3,10-11,16-32,35-38H2,1-2,4-8H3,(H,60,76)(H,72,73)(H,74,75)(H,78,79). The Morgan fingerprint density at radius 1 is 0.679 bits per heavy atom. The van der Waals surface area contributed by atoms with E-state index in [4.69, 9.17) is 14.6 Å². The Kier molecular flexibility index (Phi) is 21.4. The number of aromatic nitrogens is 2. The van der Waals surface area contributed by atoms with Crippen molar-refractivity contribution in [1.29, 1.82) is 0 Å². The number of carbonyl (C=O) groups is 6. The first-order valence-electron chi connectivity index (χ1n) is 28.5. The maximum Gasteiger partial charge on any atom is 0.330 e. The van der Waals surface area contributed by atoms with E-state index in [0.29, 0.717) is 137 Å². The zero-order valence-corrected chi connectivity index (χ0v) is 48.5. The molecule has 81 heavy (non-hydrogen) atoms. The fourth-order valence-corrected chi connectivity index (χ4v) is 13.0. The SMILES string of the molecule is C=C(O)CN1CCN(CC(=O)O)CCN(CC(=O)N(C)CCCN(C)CCCN(C)C(=O)c2ccc(-n3nc(C(=O)NC4(C(=O)O)C5CC6CC(C5)CC4C6)cc3-c3c(OC)cccc3OC)c(C(C)C)c2)CCN(CC(=O)O)CC1. The summed E-state index contributed by atoms with van der Waals surface area (Å²) < 4.78 is 13.4. The van der Waals surface area contributed by atoms with Crippen molar-refractivity contribution >= 4 is 35.6 Å². The lowest BCUT2D eigenvalue weighted by atomic mass is 9.48. The van der Waals surface area contributed by atoms with E-state index in [2.05, 4.69) is 16.8 Å². The van der Waals surface area contributed by atoms with Crippen molar-refractivity contribution in [2.75, 3.05) is 140 Å². The molecule has 1 aliphatic heterocycles. The van der Waals surface area contributed by atoms with Gasteiger partial charge in [0.25, 0.3) is 11.8 Å². The maximum atomic E-state index is 14.5. The van der Waals surface area contributed by atoms with Gasteiger partial charge in [0.2, 0.25) is 5.91 Å². The van der Waals surface area contributed by atoms with Crippen LogP contribution in [0.15, 0.2) is 54.8 Å². The van der Waals surface area contributed by atoms with Crippen molar-refractivity contribution < 1.29 is 58.7 Å². The van der Waals surface area contributed by atoms with Gasteiger partial charge in [-0.25, -0.2) is 9.48 Å². The molecular weight excluding hydrogens is 1040 g/mol. The van der Waals surface area contributed by atoms with Gasteiger partial charge in [-0.15, -0.1) is 0 Å². The van der Waals surface area contributed by atoms with Gasteiger partial charge in [-0.3, -0.25) is 43.6 Å². The van der Waals surface area contributed by atoms with E-state index < -0.39 is 29.4 Å². The summed E-state index contributed by atoms with van der Waals surface area (Å²) in [6.45, 7) is 13.2. The number of methoxy groups -OCH3 is 2. The van der Waals surface area contributed by atoms with Gasteiger partial charge in [-0.05, 0) is 137 Å². The van der Waals surface area contributed by atoms with Crippen LogP contribution in [0.2, 0.25) is 0 Å². The van der Waals surface area contributed by atoms with Crippen molar-refractivity contribution in [3.63, 3.8) is 0 Å². The molecule has 8 rings (SSSR count). The second-order valence-electron chi connectivity index (χ2n) is 23.2. The van der Waals surface area contributed by atoms with Gasteiger partial charge in [0.05, 0.1) is 63.1 Å². The zero-order chi connectivity index (χ0) is 58.7. The number of aliphatic hydroxyl groups is 1. The molecule has 22 nitrogen and oxygen atoms in total. The molecule has 444 valence electrons. The Bertz CT molecular complexity index is 2650. The lowest BCUT2D eigenvalue weighted by Gasteiger charge is -2.59. The number of nitrogens with one attached hydrogen (secondary N) is 1. The van der Waals surface area contributed by atoms with Crippen LogP contribution in [0.25, 0.3) is 16.9 Å². The number of carboxylic acid groups (broad SMARTS) is 3. The highest BCUT2D eigenvalue weighted by Gasteiger charge is 2.62. The van der Waals surface area contributed by atoms with E-state index in [-0.39, 0.29) is 67.2 Å². The molecule has 2 heterocycles. The molecule has 5 fully saturated rings. The van der Waals surface area contributed by atoms with Crippen LogP contribution in [0, 0.1) is 23.7 Å². The monoisotopic (exact) mass is 1130 g/mol. The molecule has 5 N–H and O–H groups in total. The molecular formula is C59H86N10O12. The van der Waals surface area contributed by atoms with Crippen LogP contribution in [0.5, 0.6) is 11.5 Å². The maximum absolute atomic E-state index is 14.5. The van der Waals surface area contributed by atoms with Crippen LogP contribution in [-0.2, 0) is 19.2 Å². The minimum absolute atomic E-state index is 0.0285. The van der Waals surface area contributed by atoms with Gasteiger partial charge in [0.15, 0.2) is 5.69 Å². The Balaban J connectivity index is 0.964. The van der Waals surface area contributed by atoms with Gasteiger partial charge in [-0.1, -0.05) is 26.5 Å². The third kappa shape index (κ3) is 15.5. The smallest absolute Gasteiger partial charge is 0.330 e. The van der Waals surface area contributed by atoms with Crippen molar-refractivity contribution in [2.24, 2.45) is 23.7 Å². The van der Waals surface area contributed by atoms with Crippen LogP contribution in [0.3, 0.4) is 0 Å². The summed E-state index contributed by atoms with van der Waals surface area (Å²) in [6.07, 6.45) is 5.67. The van der Waals surface area contributed by atoms with E-state index in [0.717, 1.165) is 37.7 Å². The largest absolute Gasteiger partial charge is 0.512 e. The molecule has 22 heteroatoms. The molecule has 4 saturated carbocycles. The minimum atomic E-state index is -1.38. The van der Waals surface area contributed by atoms with Crippen molar-refractivity contribution in [3.8, 4) is 28.4 Å². The number of ether oxygens (including phenoxy) is 2. The summed E-state index contributed by atoms with van der Waals surface area (Å²) in [5.74, 6) is -2.24. The van der Waals surface area contributed by atoms with Crippen LogP contribution < -0.4 is 14.8 Å². The number of aliphatic hydroxyl groups excluding tert-OH is 1. The Labute approximate surface area is 476 Å². The third-order valence-electron chi connectivity index (χ3n) is 17.1. The summed E-state index contributed by atoms with van der Waals surface area (Å²) in [7, 11) is 8.65. The molecule has 5 aliphatic rings. The number of rotatable bonds is 25. The number of amides is 3. The molecule has 3 amide bonds. The Morgan fingerprint density at radius 2 is 1.17 bits per heavy atom. The molecule has 0 radical (unpaired) electrons. The minimum Gasteiger partial charge on any atom is -0.512 e. The fraction of sp³-hybridized carbons (Fsp3) is 0.610. The average molecular weight is 1130 g/mol. The second-order valence-corrected chi connectivity index (χ2v) is 23.2. The lowest BCUT2D eigenvalue weighted by Crippen LogP contribution is -2.70. The first-order chi connectivity index (χ1) is 38.6. The van der Waals surface area contributed by atoms with Crippen LogP contribution in [-0.4, -0.2) is 246 Å². The van der Waals surface area contributed by atoms with Gasteiger partial charge >= 0.3 is 17.9 Å². The second kappa shape index (κ2) is 27.9. The molecule has 3 aromatic rings. The molecule has 0 atom stereocenters. The molecule has 4 aliphatic carbocycles. The summed E-state index contributed by atoms with van der Waals surface area (Å²) in [5.41, 5.74) is 1.63. The van der Waals surface area contributed by atoms with E-state index in [1.165, 1.54) is 0 Å². The number of likely N-dealkylation sites (N-methyl/N-ethyl adjacent to an activating group) is 1. The lowest BCUT2D eigenvalue weighted by molar-refractivity contribution is -0.163. The van der Waals surface area contributed by atoms with E-state index >= 15 is 0 Å². The number of carbonyl (C=O) groups excluding carboxylic acids is 3. The highest BCUT2D eigenvalue weighted by molar-refractivity contribution is 5.98. The molecule has 1 saturated heterocycles. The molecule has 2 aromatic carbocycles. The molecule has 0 spiro atoms. The molecule has 0 unspecified atom stereocenters. The predicted molar refractivity (Wildman–Crippen MR) is 305 cm³/mol. The van der Waals surface area contributed by atoms with E-state index in [1.807, 2.05) is 42.8 Å². The quantitative estimate of drug-likeness (QED) is 0.0738. The highest BCUT2D eigenvalue weighted by Crippen LogP contribution is 2.58. The number of hydrogen-bond acceptors (Lipinski definition) is 15. The molecule has 4 bridgehead atoms. The van der Waals surface area contributed by atoms with Gasteiger partial charge < -0.3 is 49.9 Å². The van der Waals surface area contributed by atoms with E-state index in [1.54, 1.807) is 82.9 Å². The van der Waals surface area contributed by atoms with E-state index in [9.17, 15) is 49.2 Å². The summed E-state index contributed by atoms with van der Waals surface area (Å²) in [6, 6.07) is 12.5. The number of aliphatic carboxylic acids is 3. The number of benzene rings is 2. The van der Waals surface area contributed by atoms with Gasteiger partial charge in [0.1, 0.15) is 17.0 Å². The average Bonchev–Trinajstić information content (AvgIpc) is 3.49. The van der Waals surface area contributed by atoms with Crippen molar-refractivity contribution in [3.05, 3.63) is 71.6 Å². The van der Waals surface area contributed by atoms with Crippen molar-refractivity contribution in [2.45, 2.75) is 70.3 Å². The summed E-state index contributed by atoms with van der Waals surface area (Å²) in [5, 5.41) is 48.0. The Hall–Kier alpha value is -6.59. The van der Waals surface area contributed by atoms with Crippen LogP contribution in [0.1, 0.15) is 91.1 Å². The zero-order valence-electron chi connectivity index (χ0n) is 48.5. The van der Waals surface area contributed by atoms with Crippen LogP contribution in [0.4, 0.5) is 0 Å². The first-order valence-corrected chi connectivity index (χ1v) is 28.5. The van der Waals surface area contributed by atoms with Gasteiger partial charge in [0, 0.05) is 85.1 Å². The van der Waals surface area contributed by atoms with Crippen LogP contribution >= 0.6 is 0 Å². The predicted octanol–water partition coefficient (Wildman–Crippen LogP) is 4.39. The third-order valence-corrected chi connectivity index (χ3v) is 17.1. The van der Waals surface area contributed by atoms with Crippen molar-refractivity contribution in [1.82, 2.24) is 49.4 Å². The van der Waals surface area contributed by atoms with Gasteiger partial charge in [-0.2, -0.15) is 5.10 Å². The first kappa shape index (κ1) is 62.0. The number of carboxylic acids is 3. The summed E-state index contributed by atoms with van der Waals surface area (Å²) in [4.78, 5) is 92.1. The topological polar surface area (TPSA) is 254 Å². The number of nitrogens with zero attached hydrogens (tertiary/aromatic N) is 9.